The number of H-pyrrole nitrogens is 1. The van der Waals surface area contributed by atoms with Crippen LogP contribution in [0, 0.1) is 30.9 Å². The minimum Gasteiger partial charge on any atom is -0.497 e. The molecule has 2 amide bonds. The highest BCUT2D eigenvalue weighted by atomic mass is 32.2. The Labute approximate surface area is 285 Å². The number of carbonyl (C=O) groups excluding carboxylic acids is 2. The molecule has 260 valence electrons. The van der Waals surface area contributed by atoms with Crippen LogP contribution in [0.25, 0.3) is 11.0 Å². The van der Waals surface area contributed by atoms with Gasteiger partial charge in [-0.25, -0.2) is 22.2 Å². The molecule has 2 aliphatic rings. The number of rotatable bonds is 7. The van der Waals surface area contributed by atoms with Gasteiger partial charge in [0.05, 0.1) is 40.2 Å². The molecule has 3 aromatic carbocycles. The first-order chi connectivity index (χ1) is 23.2. The third kappa shape index (κ3) is 6.41. The number of imidazole rings is 1. The van der Waals surface area contributed by atoms with E-state index < -0.39 is 33.6 Å². The molecule has 0 saturated carbocycles. The molecule has 49 heavy (non-hydrogen) atoms. The normalized spacial score (nSPS) is 17.1. The molecule has 3 heterocycles. The molecule has 6 rings (SSSR count). The van der Waals surface area contributed by atoms with E-state index in [2.05, 4.69) is 4.98 Å². The highest BCUT2D eigenvalue weighted by Crippen LogP contribution is 2.42. The largest absolute Gasteiger partial charge is 0.497 e. The molecule has 2 fully saturated rings. The number of sulfonamides is 1. The molecule has 1 atom stereocenters. The summed E-state index contributed by atoms with van der Waals surface area (Å²) in [4.78, 5) is 38.4. The fraction of sp³-hybridized carbons (Fsp3) is 0.417. The molecular formula is C36H41F2N5O5S. The predicted molar refractivity (Wildman–Crippen MR) is 181 cm³/mol. The molecule has 2 aliphatic heterocycles. The Hall–Kier alpha value is -4.36. The van der Waals surface area contributed by atoms with E-state index in [9.17, 15) is 26.8 Å². The van der Waals surface area contributed by atoms with Crippen molar-refractivity contribution in [3.05, 3.63) is 88.2 Å². The summed E-state index contributed by atoms with van der Waals surface area (Å²) >= 11 is 0. The van der Waals surface area contributed by atoms with Gasteiger partial charge in [-0.2, -0.15) is 4.31 Å². The maximum Gasteiger partial charge on any atom is 0.256 e. The van der Waals surface area contributed by atoms with E-state index in [-0.39, 0.29) is 21.8 Å². The maximum atomic E-state index is 14.2. The molecule has 0 bridgehead atoms. The highest BCUT2D eigenvalue weighted by molar-refractivity contribution is 7.89. The summed E-state index contributed by atoms with van der Waals surface area (Å²) < 4.78 is 61.7. The SMILES string of the molecule is COc1cc(C)c(S(=O)(=O)N(C)C(C)c2nc3cccc(C(=O)N4CCC5(CCN(C(=O)c6ccc(F)cc6F)CC5)CC4)c3[nH]2)c(C)c1. The summed E-state index contributed by atoms with van der Waals surface area (Å²) in [5.74, 6) is -1.14. The summed E-state index contributed by atoms with van der Waals surface area (Å²) in [5.41, 5.74) is 2.60. The summed E-state index contributed by atoms with van der Waals surface area (Å²) in [7, 11) is -0.842. The Kier molecular flexibility index (Phi) is 9.27. The van der Waals surface area contributed by atoms with Gasteiger partial charge in [0, 0.05) is 39.3 Å². The Morgan fingerprint density at radius 3 is 2.04 bits per heavy atom. The zero-order chi connectivity index (χ0) is 35.2. The average Bonchev–Trinajstić information content (AvgIpc) is 3.52. The second-order valence-electron chi connectivity index (χ2n) is 13.3. The molecule has 0 aliphatic carbocycles. The Morgan fingerprint density at radius 1 is 0.918 bits per heavy atom. The van der Waals surface area contributed by atoms with Crippen molar-refractivity contribution in [1.82, 2.24) is 24.1 Å². The minimum atomic E-state index is -3.90. The first-order valence-electron chi connectivity index (χ1n) is 16.4. The van der Waals surface area contributed by atoms with E-state index in [1.54, 1.807) is 56.0 Å². The number of fused-ring (bicyclic) bond motifs is 1. The van der Waals surface area contributed by atoms with Crippen LogP contribution in [0.15, 0.2) is 53.4 Å². The van der Waals surface area contributed by atoms with E-state index in [0.717, 1.165) is 37.8 Å². The number of piperidine rings is 2. The van der Waals surface area contributed by atoms with Crippen LogP contribution in [0.4, 0.5) is 8.78 Å². The zero-order valence-electron chi connectivity index (χ0n) is 28.3. The lowest BCUT2D eigenvalue weighted by Crippen LogP contribution is -2.49. The monoisotopic (exact) mass is 693 g/mol. The number of likely N-dealkylation sites (tertiary alicyclic amines) is 2. The quantitative estimate of drug-likeness (QED) is 0.254. The summed E-state index contributed by atoms with van der Waals surface area (Å²) in [6.07, 6.45) is 3.04. The minimum absolute atomic E-state index is 0.0197. The fourth-order valence-electron chi connectivity index (χ4n) is 7.26. The van der Waals surface area contributed by atoms with Gasteiger partial charge in [0.2, 0.25) is 10.0 Å². The molecule has 13 heteroatoms. The predicted octanol–water partition coefficient (Wildman–Crippen LogP) is 6.01. The zero-order valence-corrected chi connectivity index (χ0v) is 29.2. The Morgan fingerprint density at radius 2 is 1.49 bits per heavy atom. The summed E-state index contributed by atoms with van der Waals surface area (Å²) in [6.45, 7) is 7.28. The number of halogens is 2. The standard InChI is InChI=1S/C36H41F2N5O5S/c1-22-19-26(48-5)20-23(2)32(22)49(46,47)41(4)24(3)33-39-30-8-6-7-28(31(30)40-33)35(45)43-17-13-36(14-18-43)11-15-42(16-12-36)34(44)27-10-9-25(37)21-29(27)38/h6-10,19-21,24H,11-18H2,1-5H3,(H,39,40). The van der Waals surface area contributed by atoms with Gasteiger partial charge in [0.15, 0.2) is 0 Å². The van der Waals surface area contributed by atoms with E-state index in [1.165, 1.54) is 24.5 Å². The third-order valence-electron chi connectivity index (χ3n) is 10.4. The number of benzene rings is 3. The van der Waals surface area contributed by atoms with Crippen LogP contribution in [0.2, 0.25) is 0 Å². The van der Waals surface area contributed by atoms with E-state index in [1.807, 2.05) is 4.90 Å². The van der Waals surface area contributed by atoms with Gasteiger partial charge in [-0.1, -0.05) is 6.07 Å². The topological polar surface area (TPSA) is 116 Å². The first-order valence-corrected chi connectivity index (χ1v) is 17.8. The number of carbonyl (C=O) groups is 2. The lowest BCUT2D eigenvalue weighted by Gasteiger charge is -2.47. The second kappa shape index (κ2) is 13.2. The van der Waals surface area contributed by atoms with Crippen LogP contribution in [0.5, 0.6) is 5.75 Å². The smallest absolute Gasteiger partial charge is 0.256 e. The second-order valence-corrected chi connectivity index (χ2v) is 15.3. The highest BCUT2D eigenvalue weighted by Gasteiger charge is 2.40. The van der Waals surface area contributed by atoms with Crippen LogP contribution in [-0.2, 0) is 10.0 Å². The lowest BCUT2D eigenvalue weighted by molar-refractivity contribution is 0.0279. The molecule has 0 radical (unpaired) electrons. The van der Waals surface area contributed by atoms with Gasteiger partial charge in [-0.3, -0.25) is 9.59 Å². The molecule has 1 aromatic heterocycles. The third-order valence-corrected chi connectivity index (χ3v) is 12.6. The summed E-state index contributed by atoms with van der Waals surface area (Å²) in [5, 5.41) is 0. The van der Waals surface area contributed by atoms with E-state index in [4.69, 9.17) is 9.72 Å². The maximum absolute atomic E-state index is 14.2. The number of aromatic nitrogens is 2. The van der Waals surface area contributed by atoms with Crippen molar-refractivity contribution < 1.29 is 31.5 Å². The molecule has 2 saturated heterocycles. The number of nitrogens with zero attached hydrogens (tertiary/aromatic N) is 4. The van der Waals surface area contributed by atoms with Gasteiger partial charge < -0.3 is 19.5 Å². The average molecular weight is 694 g/mol. The van der Waals surface area contributed by atoms with Crippen LogP contribution >= 0.6 is 0 Å². The van der Waals surface area contributed by atoms with Crippen molar-refractivity contribution in [2.45, 2.75) is 57.4 Å². The van der Waals surface area contributed by atoms with E-state index in [0.29, 0.717) is 65.5 Å². The van der Waals surface area contributed by atoms with Crippen LogP contribution in [0.1, 0.15) is 76.3 Å². The Balaban J connectivity index is 1.13. The number of nitrogens with one attached hydrogen (secondary N) is 1. The number of hydrogen-bond donors (Lipinski definition) is 1. The van der Waals surface area contributed by atoms with Crippen molar-refractivity contribution in [3.8, 4) is 5.75 Å². The van der Waals surface area contributed by atoms with Gasteiger partial charge in [0.25, 0.3) is 11.8 Å². The lowest BCUT2D eigenvalue weighted by atomic mass is 9.71. The van der Waals surface area contributed by atoms with Crippen molar-refractivity contribution >= 4 is 32.9 Å². The number of hydrogen-bond acceptors (Lipinski definition) is 6. The number of para-hydroxylation sites is 1. The number of aromatic amines is 1. The number of ether oxygens (including phenoxy) is 1. The number of aryl methyl sites for hydroxylation is 2. The first kappa shape index (κ1) is 34.5. The van der Waals surface area contributed by atoms with Gasteiger partial charge in [-0.15, -0.1) is 0 Å². The molecule has 1 N–H and O–H groups in total. The summed E-state index contributed by atoms with van der Waals surface area (Å²) in [6, 6.07) is 11.1. The molecule has 1 spiro atoms. The molecular weight excluding hydrogens is 652 g/mol. The number of amides is 2. The van der Waals surface area contributed by atoms with Crippen molar-refractivity contribution in [3.63, 3.8) is 0 Å². The molecule has 10 nitrogen and oxygen atoms in total. The molecule has 1 unspecified atom stereocenters. The van der Waals surface area contributed by atoms with Crippen molar-refractivity contribution in [2.24, 2.45) is 5.41 Å². The van der Waals surface area contributed by atoms with Gasteiger partial charge in [-0.05, 0) is 99.4 Å². The van der Waals surface area contributed by atoms with E-state index >= 15 is 0 Å². The molecule has 4 aromatic rings. The number of methoxy groups -OCH3 is 1. The van der Waals surface area contributed by atoms with Gasteiger partial charge in [0.1, 0.15) is 23.2 Å². The van der Waals surface area contributed by atoms with Crippen molar-refractivity contribution in [2.75, 3.05) is 40.3 Å². The van der Waals surface area contributed by atoms with Crippen LogP contribution < -0.4 is 4.74 Å². The van der Waals surface area contributed by atoms with Crippen molar-refractivity contribution in [1.29, 1.82) is 0 Å². The van der Waals surface area contributed by atoms with Gasteiger partial charge >= 0.3 is 0 Å². The Bertz CT molecular complexity index is 2010. The fourth-order valence-corrected chi connectivity index (χ4v) is 8.99. The van der Waals surface area contributed by atoms with Crippen LogP contribution in [0.3, 0.4) is 0 Å². The van der Waals surface area contributed by atoms with Crippen LogP contribution in [-0.4, -0.2) is 84.6 Å².